The van der Waals surface area contributed by atoms with Crippen molar-refractivity contribution in [3.8, 4) is 0 Å². The summed E-state index contributed by atoms with van der Waals surface area (Å²) in [7, 11) is 3.21. The molecule has 0 aromatic heterocycles. The van der Waals surface area contributed by atoms with Crippen LogP contribution in [0.1, 0.15) is 25.7 Å². The zero-order valence-electron chi connectivity index (χ0n) is 9.31. The molecule has 1 aliphatic rings. The van der Waals surface area contributed by atoms with Crippen LogP contribution >= 0.6 is 0 Å². The average molecular weight is 217 g/mol. The summed E-state index contributed by atoms with van der Waals surface area (Å²) in [6.45, 7) is 0.150. The van der Waals surface area contributed by atoms with Crippen molar-refractivity contribution in [2.45, 2.75) is 37.8 Å². The van der Waals surface area contributed by atoms with E-state index in [9.17, 15) is 4.79 Å². The molecule has 0 heterocycles. The fourth-order valence-corrected chi connectivity index (χ4v) is 2.05. The van der Waals surface area contributed by atoms with Gasteiger partial charge in [0.25, 0.3) is 0 Å². The maximum absolute atomic E-state index is 11.0. The Labute approximate surface area is 90.0 Å². The molecule has 15 heavy (non-hydrogen) atoms. The largest absolute Gasteiger partial charge is 0.465 e. The van der Waals surface area contributed by atoms with Gasteiger partial charge in [-0.25, -0.2) is 4.79 Å². The van der Waals surface area contributed by atoms with E-state index in [1.54, 1.807) is 7.11 Å². The maximum atomic E-state index is 11.0. The molecule has 1 fully saturated rings. The Morgan fingerprint density at radius 1 is 1.33 bits per heavy atom. The van der Waals surface area contributed by atoms with Gasteiger partial charge in [0.1, 0.15) is 6.73 Å². The molecule has 0 aliphatic heterocycles. The molecule has 88 valence electrons. The second-order valence-electron chi connectivity index (χ2n) is 3.84. The number of ether oxygens (including phenoxy) is 2. The summed E-state index contributed by atoms with van der Waals surface area (Å²) >= 11 is 0. The van der Waals surface area contributed by atoms with E-state index in [0.29, 0.717) is 6.10 Å². The fraction of sp³-hybridized carbons (Fsp3) is 0.900. The monoisotopic (exact) mass is 217 g/mol. The van der Waals surface area contributed by atoms with E-state index < -0.39 is 6.09 Å². The van der Waals surface area contributed by atoms with Gasteiger partial charge in [-0.1, -0.05) is 0 Å². The number of amides is 1. The van der Waals surface area contributed by atoms with E-state index >= 15 is 0 Å². The third kappa shape index (κ3) is 3.35. The van der Waals surface area contributed by atoms with Gasteiger partial charge in [0, 0.05) is 20.3 Å². The molecule has 0 aromatic carbocycles. The van der Waals surface area contributed by atoms with E-state index in [0.717, 1.165) is 25.7 Å². The van der Waals surface area contributed by atoms with Crippen LogP contribution in [0.15, 0.2) is 0 Å². The van der Waals surface area contributed by atoms with Gasteiger partial charge in [-0.3, -0.25) is 4.90 Å². The minimum atomic E-state index is -0.905. The fourth-order valence-electron chi connectivity index (χ4n) is 2.05. The third-order valence-electron chi connectivity index (χ3n) is 2.93. The molecule has 0 spiro atoms. The minimum Gasteiger partial charge on any atom is -0.465 e. The van der Waals surface area contributed by atoms with Crippen molar-refractivity contribution in [3.63, 3.8) is 0 Å². The first-order valence-electron chi connectivity index (χ1n) is 5.20. The van der Waals surface area contributed by atoms with Crippen LogP contribution in [0.25, 0.3) is 0 Å². The molecule has 0 bridgehead atoms. The van der Waals surface area contributed by atoms with Crippen LogP contribution in [-0.4, -0.2) is 49.2 Å². The molecule has 1 saturated carbocycles. The van der Waals surface area contributed by atoms with Crippen molar-refractivity contribution in [3.05, 3.63) is 0 Å². The highest BCUT2D eigenvalue weighted by Crippen LogP contribution is 2.24. The van der Waals surface area contributed by atoms with Crippen LogP contribution in [0.4, 0.5) is 4.79 Å². The summed E-state index contributed by atoms with van der Waals surface area (Å²) in [5.74, 6) is 0. The molecular weight excluding hydrogens is 198 g/mol. The standard InChI is InChI=1S/C10H19NO4/c1-14-7-11(10(12)13)8-3-5-9(15-2)6-4-8/h8-9H,3-7H2,1-2H3,(H,12,13)/t8-,9-. The highest BCUT2D eigenvalue weighted by molar-refractivity contribution is 5.65. The Morgan fingerprint density at radius 2 is 1.93 bits per heavy atom. The van der Waals surface area contributed by atoms with Gasteiger partial charge < -0.3 is 14.6 Å². The van der Waals surface area contributed by atoms with E-state index in [1.807, 2.05) is 0 Å². The molecule has 0 radical (unpaired) electrons. The van der Waals surface area contributed by atoms with Gasteiger partial charge in [-0.15, -0.1) is 0 Å². The smallest absolute Gasteiger partial charge is 0.409 e. The van der Waals surface area contributed by atoms with Crippen molar-refractivity contribution in [1.82, 2.24) is 4.90 Å². The summed E-state index contributed by atoms with van der Waals surface area (Å²) < 4.78 is 10.1. The van der Waals surface area contributed by atoms with Gasteiger partial charge in [-0.2, -0.15) is 0 Å². The first-order chi connectivity index (χ1) is 7.19. The molecule has 5 nitrogen and oxygen atoms in total. The van der Waals surface area contributed by atoms with Crippen LogP contribution in [-0.2, 0) is 9.47 Å². The lowest BCUT2D eigenvalue weighted by Gasteiger charge is -2.34. The second kappa shape index (κ2) is 5.92. The van der Waals surface area contributed by atoms with E-state index in [1.165, 1.54) is 12.0 Å². The molecule has 1 rings (SSSR count). The van der Waals surface area contributed by atoms with Gasteiger partial charge in [0.15, 0.2) is 0 Å². The van der Waals surface area contributed by atoms with Crippen molar-refractivity contribution in [2.75, 3.05) is 21.0 Å². The second-order valence-corrected chi connectivity index (χ2v) is 3.84. The van der Waals surface area contributed by atoms with Crippen molar-refractivity contribution in [2.24, 2.45) is 0 Å². The zero-order valence-corrected chi connectivity index (χ0v) is 9.31. The number of methoxy groups -OCH3 is 2. The topological polar surface area (TPSA) is 59.0 Å². The first-order valence-corrected chi connectivity index (χ1v) is 5.20. The zero-order chi connectivity index (χ0) is 11.3. The van der Waals surface area contributed by atoms with Crippen LogP contribution in [0, 0.1) is 0 Å². The molecule has 1 N–H and O–H groups in total. The summed E-state index contributed by atoms with van der Waals surface area (Å²) in [6.07, 6.45) is 2.95. The number of hydrogen-bond acceptors (Lipinski definition) is 3. The maximum Gasteiger partial charge on any atom is 0.409 e. The van der Waals surface area contributed by atoms with Crippen LogP contribution in [0.3, 0.4) is 0 Å². The number of nitrogens with zero attached hydrogens (tertiary/aromatic N) is 1. The Bertz CT molecular complexity index is 202. The average Bonchev–Trinajstić information content (AvgIpc) is 2.26. The lowest BCUT2D eigenvalue weighted by Crippen LogP contribution is -2.43. The Kier molecular flexibility index (Phi) is 4.84. The predicted molar refractivity (Wildman–Crippen MR) is 54.8 cm³/mol. The lowest BCUT2D eigenvalue weighted by molar-refractivity contribution is 0.00141. The highest BCUT2D eigenvalue weighted by Gasteiger charge is 2.28. The van der Waals surface area contributed by atoms with E-state index in [4.69, 9.17) is 14.6 Å². The molecular formula is C10H19NO4. The molecule has 5 heteroatoms. The Balaban J connectivity index is 2.45. The van der Waals surface area contributed by atoms with Crippen LogP contribution in [0.5, 0.6) is 0 Å². The highest BCUT2D eigenvalue weighted by atomic mass is 16.5. The van der Waals surface area contributed by atoms with Gasteiger partial charge in [0.05, 0.1) is 6.10 Å². The van der Waals surface area contributed by atoms with Crippen LogP contribution in [0.2, 0.25) is 0 Å². The van der Waals surface area contributed by atoms with Crippen molar-refractivity contribution in [1.29, 1.82) is 0 Å². The molecule has 0 atom stereocenters. The summed E-state index contributed by atoms with van der Waals surface area (Å²) in [5, 5.41) is 8.99. The van der Waals surface area contributed by atoms with Crippen molar-refractivity contribution >= 4 is 6.09 Å². The quantitative estimate of drug-likeness (QED) is 0.725. The minimum absolute atomic E-state index is 0.0776. The van der Waals surface area contributed by atoms with Gasteiger partial charge in [-0.05, 0) is 25.7 Å². The third-order valence-corrected chi connectivity index (χ3v) is 2.93. The van der Waals surface area contributed by atoms with Gasteiger partial charge >= 0.3 is 6.09 Å². The number of rotatable bonds is 4. The number of carboxylic acid groups (broad SMARTS) is 1. The number of carbonyl (C=O) groups is 1. The lowest BCUT2D eigenvalue weighted by atomic mass is 9.92. The van der Waals surface area contributed by atoms with Crippen molar-refractivity contribution < 1.29 is 19.4 Å². The molecule has 0 aromatic rings. The molecule has 0 saturated heterocycles. The molecule has 0 unspecified atom stereocenters. The first kappa shape index (κ1) is 12.3. The summed E-state index contributed by atoms with van der Waals surface area (Å²) in [4.78, 5) is 12.3. The van der Waals surface area contributed by atoms with E-state index in [-0.39, 0.29) is 12.8 Å². The Morgan fingerprint density at radius 3 is 2.33 bits per heavy atom. The normalized spacial score (nSPS) is 26.3. The Hall–Kier alpha value is -0.810. The van der Waals surface area contributed by atoms with E-state index in [2.05, 4.69) is 0 Å². The summed E-state index contributed by atoms with van der Waals surface area (Å²) in [6, 6.07) is 0.0776. The molecule has 1 aliphatic carbocycles. The SMILES string of the molecule is COCN(C(=O)O)[C@H]1CC[C@H](OC)CC1. The van der Waals surface area contributed by atoms with Crippen LogP contribution < -0.4 is 0 Å². The summed E-state index contributed by atoms with van der Waals surface area (Å²) in [5.41, 5.74) is 0. The number of hydrogen-bond donors (Lipinski definition) is 1. The predicted octanol–water partition coefficient (Wildman–Crippen LogP) is 1.53. The molecule has 1 amide bonds. The van der Waals surface area contributed by atoms with Gasteiger partial charge in [0.2, 0.25) is 0 Å².